The molecule has 0 spiro atoms. The molecule has 1 aromatic heterocycles. The van der Waals surface area contributed by atoms with E-state index in [-0.39, 0.29) is 0 Å². The molecule has 0 fully saturated rings. The molecule has 1 heterocycles. The van der Waals surface area contributed by atoms with Gasteiger partial charge in [-0.25, -0.2) is 4.68 Å². The van der Waals surface area contributed by atoms with Crippen LogP contribution in [-0.2, 0) is 5.54 Å². The first kappa shape index (κ1) is 22.5. The maximum absolute atomic E-state index is 5.06. The SMILES string of the molecule is c1ccc(-c2nc(NC(c3ccccc3)(c3ccccc3)c3ccccc3)nn2-c2ccccc2)cc1. The van der Waals surface area contributed by atoms with Gasteiger partial charge >= 0.3 is 0 Å². The first-order chi connectivity index (χ1) is 18.3. The molecule has 4 nitrogen and oxygen atoms in total. The van der Waals surface area contributed by atoms with Crippen molar-refractivity contribution >= 4 is 5.95 Å². The second-order valence-electron chi connectivity index (χ2n) is 8.85. The van der Waals surface area contributed by atoms with E-state index in [1.165, 1.54) is 0 Å². The molecule has 0 atom stereocenters. The van der Waals surface area contributed by atoms with Gasteiger partial charge in [-0.1, -0.05) is 140 Å². The minimum Gasteiger partial charge on any atom is -0.335 e. The van der Waals surface area contributed by atoms with Gasteiger partial charge in [0.05, 0.1) is 5.69 Å². The summed E-state index contributed by atoms with van der Waals surface area (Å²) in [5, 5.41) is 8.81. The predicted molar refractivity (Wildman–Crippen MR) is 150 cm³/mol. The van der Waals surface area contributed by atoms with Gasteiger partial charge in [-0.05, 0) is 28.8 Å². The van der Waals surface area contributed by atoms with Crippen molar-refractivity contribution in [2.75, 3.05) is 5.32 Å². The average molecular weight is 479 g/mol. The molecule has 0 saturated carbocycles. The third-order valence-electron chi connectivity index (χ3n) is 6.56. The standard InChI is InChI=1S/C33H26N4/c1-6-16-26(17-7-1)31-34-32(36-37(31)30-24-14-5-15-25-30)35-33(27-18-8-2-9-19-27,28-20-10-3-11-21-28)29-22-12-4-13-23-29/h1-25H,(H,35,36). The minimum atomic E-state index is -0.708. The van der Waals surface area contributed by atoms with Crippen LogP contribution in [0.3, 0.4) is 0 Å². The first-order valence-corrected chi connectivity index (χ1v) is 12.4. The number of para-hydroxylation sites is 1. The summed E-state index contributed by atoms with van der Waals surface area (Å²) in [6.07, 6.45) is 0. The van der Waals surface area contributed by atoms with Crippen molar-refractivity contribution in [3.05, 3.63) is 168 Å². The number of hydrogen-bond donors (Lipinski definition) is 1. The van der Waals surface area contributed by atoms with Crippen molar-refractivity contribution in [3.63, 3.8) is 0 Å². The molecule has 0 aliphatic heterocycles. The van der Waals surface area contributed by atoms with Gasteiger partial charge < -0.3 is 5.32 Å². The third-order valence-corrected chi connectivity index (χ3v) is 6.56. The van der Waals surface area contributed by atoms with Gasteiger partial charge in [0, 0.05) is 5.56 Å². The summed E-state index contributed by atoms with van der Waals surface area (Å²) in [6, 6.07) is 51.8. The van der Waals surface area contributed by atoms with Crippen LogP contribution in [0.25, 0.3) is 17.1 Å². The summed E-state index contributed by atoms with van der Waals surface area (Å²) in [7, 11) is 0. The van der Waals surface area contributed by atoms with E-state index >= 15 is 0 Å². The molecule has 37 heavy (non-hydrogen) atoms. The summed E-state index contributed by atoms with van der Waals surface area (Å²) in [5.41, 5.74) is 4.54. The Morgan fingerprint density at radius 1 is 0.486 bits per heavy atom. The Bertz CT molecular complexity index is 1410. The normalized spacial score (nSPS) is 11.2. The second-order valence-corrected chi connectivity index (χ2v) is 8.85. The van der Waals surface area contributed by atoms with Crippen LogP contribution in [0.15, 0.2) is 152 Å². The monoisotopic (exact) mass is 478 g/mol. The highest BCUT2D eigenvalue weighted by Gasteiger charge is 2.37. The van der Waals surface area contributed by atoms with E-state index in [1.54, 1.807) is 0 Å². The second kappa shape index (κ2) is 9.96. The van der Waals surface area contributed by atoms with Gasteiger partial charge in [0.25, 0.3) is 0 Å². The van der Waals surface area contributed by atoms with E-state index in [2.05, 4.69) is 90.2 Å². The van der Waals surface area contributed by atoms with Crippen LogP contribution in [0.1, 0.15) is 16.7 Å². The Balaban J connectivity index is 1.58. The van der Waals surface area contributed by atoms with Crippen molar-refractivity contribution < 1.29 is 0 Å². The maximum atomic E-state index is 5.06. The van der Waals surface area contributed by atoms with Gasteiger partial charge in [0.2, 0.25) is 5.95 Å². The van der Waals surface area contributed by atoms with Gasteiger partial charge in [0.15, 0.2) is 5.82 Å². The van der Waals surface area contributed by atoms with Crippen LogP contribution >= 0.6 is 0 Å². The lowest BCUT2D eigenvalue weighted by molar-refractivity contribution is 0.698. The molecule has 5 aromatic carbocycles. The summed E-state index contributed by atoms with van der Waals surface area (Å²) < 4.78 is 1.91. The molecule has 0 unspecified atom stereocenters. The molecule has 178 valence electrons. The Kier molecular flexibility index (Phi) is 6.05. The lowest BCUT2D eigenvalue weighted by Gasteiger charge is -2.36. The van der Waals surface area contributed by atoms with E-state index in [9.17, 15) is 0 Å². The van der Waals surface area contributed by atoms with E-state index in [0.717, 1.165) is 33.8 Å². The van der Waals surface area contributed by atoms with Crippen molar-refractivity contribution in [3.8, 4) is 17.1 Å². The topological polar surface area (TPSA) is 42.7 Å². The number of nitrogens with zero attached hydrogens (tertiary/aromatic N) is 3. The fourth-order valence-corrected chi connectivity index (χ4v) is 4.84. The lowest BCUT2D eigenvalue weighted by atomic mass is 9.77. The number of hydrogen-bond acceptors (Lipinski definition) is 3. The number of anilines is 1. The molecular formula is C33H26N4. The molecule has 0 bridgehead atoms. The Labute approximate surface area is 216 Å². The smallest absolute Gasteiger partial charge is 0.244 e. The zero-order valence-corrected chi connectivity index (χ0v) is 20.3. The zero-order chi connectivity index (χ0) is 24.9. The third kappa shape index (κ3) is 4.30. The number of rotatable bonds is 7. The summed E-state index contributed by atoms with van der Waals surface area (Å²) in [5.74, 6) is 1.32. The molecule has 6 rings (SSSR count). The van der Waals surface area contributed by atoms with Crippen LogP contribution in [0.5, 0.6) is 0 Å². The van der Waals surface area contributed by atoms with Crippen LogP contribution in [0, 0.1) is 0 Å². The largest absolute Gasteiger partial charge is 0.335 e. The highest BCUT2D eigenvalue weighted by Crippen LogP contribution is 2.39. The van der Waals surface area contributed by atoms with E-state index < -0.39 is 5.54 Å². The zero-order valence-electron chi connectivity index (χ0n) is 20.3. The molecule has 1 N–H and O–H groups in total. The first-order valence-electron chi connectivity index (χ1n) is 12.4. The molecule has 0 aliphatic carbocycles. The van der Waals surface area contributed by atoms with Crippen LogP contribution in [0.4, 0.5) is 5.95 Å². The molecular weight excluding hydrogens is 452 g/mol. The Morgan fingerprint density at radius 2 is 0.892 bits per heavy atom. The maximum Gasteiger partial charge on any atom is 0.244 e. The number of nitrogens with one attached hydrogen (secondary N) is 1. The Morgan fingerprint density at radius 3 is 1.35 bits per heavy atom. The van der Waals surface area contributed by atoms with Gasteiger partial charge in [0.1, 0.15) is 5.54 Å². The fourth-order valence-electron chi connectivity index (χ4n) is 4.84. The quantitative estimate of drug-likeness (QED) is 0.244. The molecule has 6 aromatic rings. The van der Waals surface area contributed by atoms with Crippen molar-refractivity contribution in [2.45, 2.75) is 5.54 Å². The highest BCUT2D eigenvalue weighted by molar-refractivity contribution is 5.62. The average Bonchev–Trinajstić information content (AvgIpc) is 3.42. The van der Waals surface area contributed by atoms with E-state index in [4.69, 9.17) is 10.1 Å². The number of aromatic nitrogens is 3. The molecule has 4 heteroatoms. The van der Waals surface area contributed by atoms with Crippen molar-refractivity contribution in [1.82, 2.24) is 14.8 Å². The fraction of sp³-hybridized carbons (Fsp3) is 0.0303. The van der Waals surface area contributed by atoms with Crippen LogP contribution in [-0.4, -0.2) is 14.8 Å². The number of benzene rings is 5. The molecule has 0 aliphatic rings. The van der Waals surface area contributed by atoms with Gasteiger partial charge in [-0.2, -0.15) is 4.98 Å². The van der Waals surface area contributed by atoms with Gasteiger partial charge in [-0.15, -0.1) is 5.10 Å². The highest BCUT2D eigenvalue weighted by atomic mass is 15.4. The molecule has 0 amide bonds. The van der Waals surface area contributed by atoms with Crippen molar-refractivity contribution in [1.29, 1.82) is 0 Å². The van der Waals surface area contributed by atoms with Crippen LogP contribution < -0.4 is 5.32 Å². The van der Waals surface area contributed by atoms with Crippen LogP contribution in [0.2, 0.25) is 0 Å². The van der Waals surface area contributed by atoms with Gasteiger partial charge in [-0.3, -0.25) is 0 Å². The van der Waals surface area contributed by atoms with E-state index in [1.807, 2.05) is 71.4 Å². The Hall–Kier alpha value is -4.96. The molecule has 0 radical (unpaired) electrons. The summed E-state index contributed by atoms with van der Waals surface area (Å²) in [6.45, 7) is 0. The van der Waals surface area contributed by atoms with E-state index in [0.29, 0.717) is 5.95 Å². The predicted octanol–water partition coefficient (Wildman–Crippen LogP) is 7.34. The summed E-state index contributed by atoms with van der Waals surface area (Å²) in [4.78, 5) is 5.06. The summed E-state index contributed by atoms with van der Waals surface area (Å²) >= 11 is 0. The van der Waals surface area contributed by atoms with Crippen molar-refractivity contribution in [2.24, 2.45) is 0 Å². The lowest BCUT2D eigenvalue weighted by Crippen LogP contribution is -2.38. The minimum absolute atomic E-state index is 0.541. The molecule has 0 saturated heterocycles.